The summed E-state index contributed by atoms with van der Waals surface area (Å²) in [4.78, 5) is 14.8. The zero-order chi connectivity index (χ0) is 17.7. The summed E-state index contributed by atoms with van der Waals surface area (Å²) in [5.74, 6) is 1.38. The standard InChI is InChI=1S/C21H26N2O2.ClH/c1-21(22,18-8-4-2-5-9-18)20(24)23-14-12-17(13-15-23)16-25-19-10-6-3-7-11-19;/h2-11,17H,12-16,22H2,1H3;1H. The Balaban J connectivity index is 0.00000243. The number of nitrogens with two attached hydrogens (primary N) is 1. The summed E-state index contributed by atoms with van der Waals surface area (Å²) < 4.78 is 5.85. The Morgan fingerprint density at radius 1 is 1.08 bits per heavy atom. The first-order valence-corrected chi connectivity index (χ1v) is 8.89. The maximum atomic E-state index is 12.9. The molecule has 140 valence electrons. The lowest BCUT2D eigenvalue weighted by molar-refractivity contribution is -0.138. The highest BCUT2D eigenvalue weighted by Crippen LogP contribution is 2.25. The SMILES string of the molecule is CC(N)(C(=O)N1CCC(COc2ccccc2)CC1)c1ccccc1.Cl. The van der Waals surface area contributed by atoms with Crippen LogP contribution in [0, 0.1) is 5.92 Å². The molecule has 0 radical (unpaired) electrons. The molecule has 0 aromatic heterocycles. The number of hydrogen-bond donors (Lipinski definition) is 1. The average Bonchev–Trinajstić information content (AvgIpc) is 2.68. The number of ether oxygens (including phenoxy) is 1. The Bertz CT molecular complexity index is 684. The molecule has 1 atom stereocenters. The number of amides is 1. The summed E-state index contributed by atoms with van der Waals surface area (Å²) in [7, 11) is 0. The number of piperidine rings is 1. The fraction of sp³-hybridized carbons (Fsp3) is 0.381. The molecule has 1 aliphatic heterocycles. The highest BCUT2D eigenvalue weighted by molar-refractivity contribution is 5.87. The quantitative estimate of drug-likeness (QED) is 0.869. The van der Waals surface area contributed by atoms with Crippen LogP contribution in [-0.4, -0.2) is 30.5 Å². The number of hydrogen-bond acceptors (Lipinski definition) is 3. The molecule has 4 nitrogen and oxygen atoms in total. The van der Waals surface area contributed by atoms with Gasteiger partial charge < -0.3 is 15.4 Å². The lowest BCUT2D eigenvalue weighted by atomic mass is 9.89. The van der Waals surface area contributed by atoms with E-state index in [2.05, 4.69) is 0 Å². The molecule has 2 aromatic rings. The highest BCUT2D eigenvalue weighted by Gasteiger charge is 2.36. The number of para-hydroxylation sites is 1. The van der Waals surface area contributed by atoms with Crippen molar-refractivity contribution in [2.45, 2.75) is 25.3 Å². The van der Waals surface area contributed by atoms with Crippen LogP contribution in [0.3, 0.4) is 0 Å². The molecule has 1 aliphatic rings. The Hall–Kier alpha value is -2.04. The van der Waals surface area contributed by atoms with Crippen molar-refractivity contribution in [2.75, 3.05) is 19.7 Å². The van der Waals surface area contributed by atoms with Crippen molar-refractivity contribution >= 4 is 18.3 Å². The summed E-state index contributed by atoms with van der Waals surface area (Å²) in [5, 5.41) is 0. The van der Waals surface area contributed by atoms with Crippen molar-refractivity contribution in [1.82, 2.24) is 4.90 Å². The molecular formula is C21H27ClN2O2. The molecule has 26 heavy (non-hydrogen) atoms. The number of nitrogens with zero attached hydrogens (tertiary/aromatic N) is 1. The van der Waals surface area contributed by atoms with Crippen LogP contribution in [-0.2, 0) is 10.3 Å². The second-order valence-electron chi connectivity index (χ2n) is 6.93. The molecule has 1 fully saturated rings. The zero-order valence-corrected chi connectivity index (χ0v) is 16.0. The van der Waals surface area contributed by atoms with Gasteiger partial charge in [-0.25, -0.2) is 0 Å². The van der Waals surface area contributed by atoms with Gasteiger partial charge >= 0.3 is 0 Å². The summed E-state index contributed by atoms with van der Waals surface area (Å²) in [6.45, 7) is 3.97. The third kappa shape index (κ3) is 4.77. The van der Waals surface area contributed by atoms with Gasteiger partial charge in [0.1, 0.15) is 11.3 Å². The Morgan fingerprint density at radius 3 is 2.19 bits per heavy atom. The Kier molecular flexibility index (Phi) is 7.06. The van der Waals surface area contributed by atoms with E-state index in [-0.39, 0.29) is 18.3 Å². The van der Waals surface area contributed by atoms with E-state index in [0.717, 1.165) is 37.2 Å². The minimum atomic E-state index is -0.978. The van der Waals surface area contributed by atoms with Gasteiger partial charge in [-0.05, 0) is 43.4 Å². The van der Waals surface area contributed by atoms with Crippen molar-refractivity contribution < 1.29 is 9.53 Å². The van der Waals surface area contributed by atoms with Crippen LogP contribution >= 0.6 is 12.4 Å². The lowest BCUT2D eigenvalue weighted by Crippen LogP contribution is -2.53. The van der Waals surface area contributed by atoms with Crippen molar-refractivity contribution in [3.63, 3.8) is 0 Å². The number of rotatable bonds is 5. The molecule has 0 saturated carbocycles. The largest absolute Gasteiger partial charge is 0.493 e. The fourth-order valence-corrected chi connectivity index (χ4v) is 3.27. The molecule has 1 unspecified atom stereocenters. The molecule has 2 aromatic carbocycles. The van der Waals surface area contributed by atoms with Gasteiger partial charge in [0, 0.05) is 13.1 Å². The van der Waals surface area contributed by atoms with Crippen molar-refractivity contribution in [3.8, 4) is 5.75 Å². The van der Waals surface area contributed by atoms with Crippen molar-refractivity contribution in [2.24, 2.45) is 11.7 Å². The maximum Gasteiger partial charge on any atom is 0.246 e. The smallest absolute Gasteiger partial charge is 0.246 e. The van der Waals surface area contributed by atoms with Gasteiger partial charge in [0.2, 0.25) is 5.91 Å². The van der Waals surface area contributed by atoms with E-state index in [1.807, 2.05) is 65.6 Å². The number of carbonyl (C=O) groups excluding carboxylic acids is 1. The monoisotopic (exact) mass is 374 g/mol. The van der Waals surface area contributed by atoms with Crippen LogP contribution in [0.25, 0.3) is 0 Å². The third-order valence-electron chi connectivity index (χ3n) is 4.95. The van der Waals surface area contributed by atoms with Gasteiger partial charge in [0.05, 0.1) is 6.61 Å². The van der Waals surface area contributed by atoms with Gasteiger partial charge in [0.25, 0.3) is 0 Å². The van der Waals surface area contributed by atoms with Gasteiger partial charge in [-0.2, -0.15) is 0 Å². The van der Waals surface area contributed by atoms with Crippen LogP contribution in [0.1, 0.15) is 25.3 Å². The molecule has 2 N–H and O–H groups in total. The summed E-state index contributed by atoms with van der Waals surface area (Å²) in [6, 6.07) is 19.5. The summed E-state index contributed by atoms with van der Waals surface area (Å²) in [6.07, 6.45) is 1.90. The van der Waals surface area contributed by atoms with E-state index < -0.39 is 5.54 Å². The molecule has 1 saturated heterocycles. The topological polar surface area (TPSA) is 55.6 Å². The highest BCUT2D eigenvalue weighted by atomic mass is 35.5. The number of carbonyl (C=O) groups is 1. The van der Waals surface area contributed by atoms with Crippen LogP contribution in [0.4, 0.5) is 0 Å². The third-order valence-corrected chi connectivity index (χ3v) is 4.95. The molecule has 0 bridgehead atoms. The maximum absolute atomic E-state index is 12.9. The van der Waals surface area contributed by atoms with Crippen LogP contribution < -0.4 is 10.5 Å². The lowest BCUT2D eigenvalue weighted by Gasteiger charge is -2.37. The van der Waals surface area contributed by atoms with Gasteiger partial charge in [-0.15, -0.1) is 12.4 Å². The van der Waals surface area contributed by atoms with E-state index in [9.17, 15) is 4.79 Å². The minimum Gasteiger partial charge on any atom is -0.493 e. The van der Waals surface area contributed by atoms with E-state index in [1.54, 1.807) is 6.92 Å². The van der Waals surface area contributed by atoms with Crippen molar-refractivity contribution in [1.29, 1.82) is 0 Å². The second kappa shape index (κ2) is 9.06. The number of benzene rings is 2. The second-order valence-corrected chi connectivity index (χ2v) is 6.93. The molecule has 1 amide bonds. The molecule has 0 aliphatic carbocycles. The average molecular weight is 375 g/mol. The van der Waals surface area contributed by atoms with E-state index >= 15 is 0 Å². The first-order chi connectivity index (χ1) is 12.1. The summed E-state index contributed by atoms with van der Waals surface area (Å²) >= 11 is 0. The Labute approximate surface area is 161 Å². The van der Waals surface area contributed by atoms with Crippen LogP contribution in [0.15, 0.2) is 60.7 Å². The molecular weight excluding hydrogens is 348 g/mol. The van der Waals surface area contributed by atoms with Crippen LogP contribution in [0.2, 0.25) is 0 Å². The summed E-state index contributed by atoms with van der Waals surface area (Å²) in [5.41, 5.74) is 6.24. The molecule has 1 heterocycles. The number of halogens is 1. The predicted octanol–water partition coefficient (Wildman–Crippen LogP) is 3.60. The molecule has 0 spiro atoms. The van der Waals surface area contributed by atoms with E-state index in [4.69, 9.17) is 10.5 Å². The fourth-order valence-electron chi connectivity index (χ4n) is 3.27. The van der Waals surface area contributed by atoms with Gasteiger partial charge in [-0.1, -0.05) is 48.5 Å². The first kappa shape index (κ1) is 20.3. The van der Waals surface area contributed by atoms with E-state index in [1.165, 1.54) is 0 Å². The van der Waals surface area contributed by atoms with Gasteiger partial charge in [0.15, 0.2) is 0 Å². The predicted molar refractivity (Wildman–Crippen MR) is 106 cm³/mol. The van der Waals surface area contributed by atoms with E-state index in [0.29, 0.717) is 12.5 Å². The zero-order valence-electron chi connectivity index (χ0n) is 15.1. The van der Waals surface area contributed by atoms with Crippen LogP contribution in [0.5, 0.6) is 5.75 Å². The Morgan fingerprint density at radius 2 is 1.62 bits per heavy atom. The molecule has 3 rings (SSSR count). The van der Waals surface area contributed by atoms with Gasteiger partial charge in [-0.3, -0.25) is 4.79 Å². The number of likely N-dealkylation sites (tertiary alicyclic amines) is 1. The molecule has 5 heteroatoms. The normalized spacial score (nSPS) is 17.1. The first-order valence-electron chi connectivity index (χ1n) is 8.89. The van der Waals surface area contributed by atoms with Crippen molar-refractivity contribution in [3.05, 3.63) is 66.2 Å². The minimum absolute atomic E-state index is 0.